The average molecular weight is 473 g/mol. The molecule has 0 radical (unpaired) electrons. The van der Waals surface area contributed by atoms with Crippen molar-refractivity contribution in [2.45, 2.75) is 13.0 Å². The van der Waals surface area contributed by atoms with Crippen molar-refractivity contribution < 1.29 is 14.3 Å². The molecule has 1 unspecified atom stereocenters. The number of ether oxygens (including phenoxy) is 1. The molecule has 0 bridgehead atoms. The lowest BCUT2D eigenvalue weighted by molar-refractivity contribution is -0.117. The molecule has 35 heavy (non-hydrogen) atoms. The summed E-state index contributed by atoms with van der Waals surface area (Å²) in [5.74, 6) is -0.227. The lowest BCUT2D eigenvalue weighted by Gasteiger charge is -2.29. The van der Waals surface area contributed by atoms with Crippen LogP contribution in [0.4, 0.5) is 17.1 Å². The Kier molecular flexibility index (Phi) is 8.13. The monoisotopic (exact) mass is 472 g/mol. The Morgan fingerprint density at radius 1 is 0.914 bits per heavy atom. The van der Waals surface area contributed by atoms with Gasteiger partial charge in [0, 0.05) is 41.8 Å². The van der Waals surface area contributed by atoms with Gasteiger partial charge < -0.3 is 20.3 Å². The van der Waals surface area contributed by atoms with Crippen LogP contribution in [0.5, 0.6) is 0 Å². The Morgan fingerprint density at radius 2 is 1.63 bits per heavy atom. The zero-order valence-electron chi connectivity index (χ0n) is 20.2. The molecule has 1 heterocycles. The largest absolute Gasteiger partial charge is 0.378 e. The summed E-state index contributed by atoms with van der Waals surface area (Å²) in [5, 5.41) is 5.93. The Balaban J connectivity index is 1.31. The lowest BCUT2D eigenvalue weighted by Crippen LogP contribution is -2.36. The SMILES string of the molecule is CC(c1cccc(NC(=O)c2ccccc2)c1)N(C)CC(=O)Nc1ccc(N2CCOCC2)cc1. The van der Waals surface area contributed by atoms with Gasteiger partial charge in [-0.05, 0) is 68.1 Å². The van der Waals surface area contributed by atoms with Crippen LogP contribution in [0.2, 0.25) is 0 Å². The van der Waals surface area contributed by atoms with Crippen LogP contribution in [0, 0.1) is 0 Å². The summed E-state index contributed by atoms with van der Waals surface area (Å²) in [6.07, 6.45) is 0. The summed E-state index contributed by atoms with van der Waals surface area (Å²) in [6.45, 7) is 5.53. The van der Waals surface area contributed by atoms with Crippen LogP contribution < -0.4 is 15.5 Å². The molecule has 0 aromatic heterocycles. The molecule has 1 atom stereocenters. The maximum absolute atomic E-state index is 12.7. The molecular weight excluding hydrogens is 440 g/mol. The number of carbonyl (C=O) groups is 2. The highest BCUT2D eigenvalue weighted by molar-refractivity contribution is 6.04. The Morgan fingerprint density at radius 3 is 2.34 bits per heavy atom. The first-order valence-electron chi connectivity index (χ1n) is 11.9. The van der Waals surface area contributed by atoms with Gasteiger partial charge in [0.25, 0.3) is 5.91 Å². The number of likely N-dealkylation sites (N-methyl/N-ethyl adjacent to an activating group) is 1. The third kappa shape index (κ3) is 6.68. The van der Waals surface area contributed by atoms with Gasteiger partial charge in [-0.3, -0.25) is 14.5 Å². The molecule has 7 nitrogen and oxygen atoms in total. The van der Waals surface area contributed by atoms with E-state index in [4.69, 9.17) is 4.74 Å². The van der Waals surface area contributed by atoms with Crippen LogP contribution in [-0.2, 0) is 9.53 Å². The number of anilines is 3. The highest BCUT2D eigenvalue weighted by Crippen LogP contribution is 2.23. The van der Waals surface area contributed by atoms with Crippen LogP contribution in [0.15, 0.2) is 78.9 Å². The van der Waals surface area contributed by atoms with Gasteiger partial charge >= 0.3 is 0 Å². The molecule has 0 saturated carbocycles. The third-order valence-electron chi connectivity index (χ3n) is 6.24. The van der Waals surface area contributed by atoms with Crippen molar-refractivity contribution in [2.75, 3.05) is 55.4 Å². The molecule has 0 aliphatic carbocycles. The van der Waals surface area contributed by atoms with Gasteiger partial charge in [-0.2, -0.15) is 0 Å². The van der Waals surface area contributed by atoms with Crippen LogP contribution in [-0.4, -0.2) is 56.6 Å². The smallest absolute Gasteiger partial charge is 0.255 e. The number of amides is 2. The number of morpholine rings is 1. The lowest BCUT2D eigenvalue weighted by atomic mass is 10.1. The van der Waals surface area contributed by atoms with E-state index in [9.17, 15) is 9.59 Å². The molecular formula is C28H32N4O3. The molecule has 1 aliphatic heterocycles. The molecule has 3 aromatic carbocycles. The normalized spacial score (nSPS) is 14.4. The molecule has 3 aromatic rings. The molecule has 2 amide bonds. The zero-order chi connectivity index (χ0) is 24.6. The molecule has 4 rings (SSSR count). The van der Waals surface area contributed by atoms with Gasteiger partial charge in [0.05, 0.1) is 19.8 Å². The number of nitrogens with one attached hydrogen (secondary N) is 2. The van der Waals surface area contributed by atoms with Gasteiger partial charge in [0.15, 0.2) is 0 Å². The minimum Gasteiger partial charge on any atom is -0.378 e. The number of nitrogens with zero attached hydrogens (tertiary/aromatic N) is 2. The Bertz CT molecular complexity index is 1130. The minimum atomic E-state index is -0.150. The standard InChI is InChI=1S/C28H32N4O3/c1-21(23-9-6-10-25(19-23)30-28(34)22-7-4-3-5-8-22)31(2)20-27(33)29-24-11-13-26(14-12-24)32-15-17-35-18-16-32/h3-14,19,21H,15-18,20H2,1-2H3,(H,29,33)(H,30,34). The quantitative estimate of drug-likeness (QED) is 0.508. The summed E-state index contributed by atoms with van der Waals surface area (Å²) >= 11 is 0. The van der Waals surface area contributed by atoms with E-state index in [-0.39, 0.29) is 24.4 Å². The van der Waals surface area contributed by atoms with E-state index in [2.05, 4.69) is 15.5 Å². The van der Waals surface area contributed by atoms with E-state index in [1.165, 1.54) is 0 Å². The summed E-state index contributed by atoms with van der Waals surface area (Å²) in [5.41, 5.74) is 4.26. The zero-order valence-corrected chi connectivity index (χ0v) is 20.2. The average Bonchev–Trinajstić information content (AvgIpc) is 2.89. The Labute approximate surface area is 206 Å². The highest BCUT2D eigenvalue weighted by atomic mass is 16.5. The summed E-state index contributed by atoms with van der Waals surface area (Å²) in [4.78, 5) is 29.4. The fourth-order valence-corrected chi connectivity index (χ4v) is 4.06. The third-order valence-corrected chi connectivity index (χ3v) is 6.24. The number of benzene rings is 3. The summed E-state index contributed by atoms with van der Waals surface area (Å²) in [7, 11) is 1.92. The second kappa shape index (κ2) is 11.6. The second-order valence-electron chi connectivity index (χ2n) is 8.73. The van der Waals surface area contributed by atoms with Crippen LogP contribution in [0.25, 0.3) is 0 Å². The van der Waals surface area contributed by atoms with Gasteiger partial charge in [0.1, 0.15) is 0 Å². The van der Waals surface area contributed by atoms with Crippen molar-refractivity contribution in [3.05, 3.63) is 90.0 Å². The maximum atomic E-state index is 12.7. The van der Waals surface area contributed by atoms with Gasteiger partial charge in [0.2, 0.25) is 5.91 Å². The van der Waals surface area contributed by atoms with Crippen molar-refractivity contribution >= 4 is 28.9 Å². The number of hydrogen-bond acceptors (Lipinski definition) is 5. The topological polar surface area (TPSA) is 73.9 Å². The molecule has 0 spiro atoms. The molecule has 2 N–H and O–H groups in total. The highest BCUT2D eigenvalue weighted by Gasteiger charge is 2.17. The van der Waals surface area contributed by atoms with Crippen molar-refractivity contribution in [1.82, 2.24) is 4.90 Å². The van der Waals surface area contributed by atoms with Crippen molar-refractivity contribution in [1.29, 1.82) is 0 Å². The first kappa shape index (κ1) is 24.4. The van der Waals surface area contributed by atoms with Crippen molar-refractivity contribution in [2.24, 2.45) is 0 Å². The fraction of sp³-hybridized carbons (Fsp3) is 0.286. The van der Waals surface area contributed by atoms with E-state index < -0.39 is 0 Å². The number of hydrogen-bond donors (Lipinski definition) is 2. The van der Waals surface area contributed by atoms with Crippen LogP contribution in [0.1, 0.15) is 28.9 Å². The van der Waals surface area contributed by atoms with Crippen LogP contribution >= 0.6 is 0 Å². The number of rotatable bonds is 8. The van der Waals surface area contributed by atoms with E-state index >= 15 is 0 Å². The van der Waals surface area contributed by atoms with E-state index in [1.807, 2.05) is 85.6 Å². The van der Waals surface area contributed by atoms with Gasteiger partial charge in [-0.1, -0.05) is 30.3 Å². The molecule has 1 fully saturated rings. The predicted octanol–water partition coefficient (Wildman–Crippen LogP) is 4.41. The van der Waals surface area contributed by atoms with E-state index in [0.717, 1.165) is 48.9 Å². The molecule has 1 saturated heterocycles. The minimum absolute atomic E-state index is 0.0157. The Hall–Kier alpha value is -3.68. The first-order chi connectivity index (χ1) is 17.0. The van der Waals surface area contributed by atoms with Crippen molar-refractivity contribution in [3.63, 3.8) is 0 Å². The fourth-order valence-electron chi connectivity index (χ4n) is 4.06. The molecule has 7 heteroatoms. The molecule has 1 aliphatic rings. The van der Waals surface area contributed by atoms with Gasteiger partial charge in [-0.25, -0.2) is 0 Å². The van der Waals surface area contributed by atoms with Gasteiger partial charge in [-0.15, -0.1) is 0 Å². The van der Waals surface area contributed by atoms with E-state index in [0.29, 0.717) is 5.56 Å². The molecule has 182 valence electrons. The van der Waals surface area contributed by atoms with E-state index in [1.54, 1.807) is 12.1 Å². The summed E-state index contributed by atoms with van der Waals surface area (Å²) < 4.78 is 5.41. The first-order valence-corrected chi connectivity index (χ1v) is 11.9. The predicted molar refractivity (Wildman–Crippen MR) is 140 cm³/mol. The number of carbonyl (C=O) groups excluding carboxylic acids is 2. The van der Waals surface area contributed by atoms with Crippen LogP contribution in [0.3, 0.4) is 0 Å². The van der Waals surface area contributed by atoms with Crippen molar-refractivity contribution in [3.8, 4) is 0 Å². The summed E-state index contributed by atoms with van der Waals surface area (Å²) in [6, 6.07) is 24.8. The second-order valence-corrected chi connectivity index (χ2v) is 8.73. The maximum Gasteiger partial charge on any atom is 0.255 e.